The molecule has 2 unspecified atom stereocenters. The molecule has 1 amide bonds. The van der Waals surface area contributed by atoms with Gasteiger partial charge in [0.05, 0.1) is 25.4 Å². The van der Waals surface area contributed by atoms with E-state index >= 15 is 0 Å². The molecular formula is C54H107NO8. The van der Waals surface area contributed by atoms with E-state index in [-0.39, 0.29) is 12.5 Å². The lowest BCUT2D eigenvalue weighted by molar-refractivity contribution is -0.302. The molecule has 1 aliphatic rings. The molecule has 63 heavy (non-hydrogen) atoms. The highest BCUT2D eigenvalue weighted by Gasteiger charge is 2.44. The highest BCUT2D eigenvalue weighted by molar-refractivity contribution is 5.76. The first-order valence-electron chi connectivity index (χ1n) is 27.7. The highest BCUT2D eigenvalue weighted by Crippen LogP contribution is 2.23. The number of aliphatic hydroxyl groups excluding tert-OH is 5. The van der Waals surface area contributed by atoms with E-state index < -0.39 is 49.5 Å². The maximum atomic E-state index is 13.0. The van der Waals surface area contributed by atoms with Gasteiger partial charge in [-0.25, -0.2) is 0 Å². The summed E-state index contributed by atoms with van der Waals surface area (Å²) in [4.78, 5) is 13.0. The average Bonchev–Trinajstić information content (AvgIpc) is 3.28. The molecule has 376 valence electrons. The third kappa shape index (κ3) is 35.1. The van der Waals surface area contributed by atoms with Gasteiger partial charge in [-0.3, -0.25) is 4.79 Å². The molecule has 0 saturated carbocycles. The minimum absolute atomic E-state index is 0.131. The van der Waals surface area contributed by atoms with Crippen LogP contribution >= 0.6 is 0 Å². The fraction of sp³-hybridized carbons (Fsp3) is 0.981. The van der Waals surface area contributed by atoms with Gasteiger partial charge in [0.1, 0.15) is 24.4 Å². The molecule has 1 saturated heterocycles. The Morgan fingerprint density at radius 1 is 0.476 bits per heavy atom. The minimum atomic E-state index is -1.55. The second-order valence-corrected chi connectivity index (χ2v) is 19.7. The fourth-order valence-electron chi connectivity index (χ4n) is 9.28. The number of unbranched alkanes of at least 4 members (excludes halogenated alkanes) is 38. The first kappa shape index (κ1) is 60.2. The Labute approximate surface area is 389 Å². The highest BCUT2D eigenvalue weighted by atomic mass is 16.7. The average molecular weight is 898 g/mol. The molecule has 0 aromatic rings. The number of amides is 1. The lowest BCUT2D eigenvalue weighted by atomic mass is 9.99. The summed E-state index contributed by atoms with van der Waals surface area (Å²) < 4.78 is 11.3. The maximum Gasteiger partial charge on any atom is 0.220 e. The van der Waals surface area contributed by atoms with Crippen LogP contribution in [-0.2, 0) is 14.3 Å². The number of hydrogen-bond acceptors (Lipinski definition) is 8. The van der Waals surface area contributed by atoms with Crippen molar-refractivity contribution in [1.82, 2.24) is 5.32 Å². The zero-order chi connectivity index (χ0) is 45.9. The van der Waals surface area contributed by atoms with Crippen LogP contribution in [0.15, 0.2) is 0 Å². The second-order valence-electron chi connectivity index (χ2n) is 19.7. The van der Waals surface area contributed by atoms with Crippen molar-refractivity contribution in [2.24, 2.45) is 0 Å². The Morgan fingerprint density at radius 2 is 0.794 bits per heavy atom. The van der Waals surface area contributed by atoms with Crippen LogP contribution in [0.1, 0.15) is 284 Å². The Morgan fingerprint density at radius 3 is 1.13 bits per heavy atom. The molecule has 1 rings (SSSR count). The Bertz CT molecular complexity index is 955. The molecule has 7 atom stereocenters. The van der Waals surface area contributed by atoms with E-state index in [4.69, 9.17) is 9.47 Å². The van der Waals surface area contributed by atoms with Gasteiger partial charge in [0, 0.05) is 6.42 Å². The zero-order valence-electron chi connectivity index (χ0n) is 41.6. The van der Waals surface area contributed by atoms with Crippen molar-refractivity contribution in [3.05, 3.63) is 0 Å². The molecule has 9 nitrogen and oxygen atoms in total. The predicted molar refractivity (Wildman–Crippen MR) is 263 cm³/mol. The molecule has 6 N–H and O–H groups in total. The van der Waals surface area contributed by atoms with Crippen molar-refractivity contribution in [3.8, 4) is 0 Å². The van der Waals surface area contributed by atoms with Gasteiger partial charge >= 0.3 is 0 Å². The standard InChI is InChI=1S/C54H107NO8/c1-3-5-7-9-11-13-15-17-19-21-22-23-24-25-26-27-28-30-32-34-36-38-40-42-44-50(58)55-47(46-62-54-53(61)52(60)51(59)49(45-56)63-54)48(57)43-41-39-37-35-33-31-29-20-18-16-14-12-10-8-6-4-2/h47-49,51-54,56-57,59-61H,3-46H2,1-2H3,(H,55,58)/t47-,48+,49+,51-,52?,53?,54+/m0/s1. The molecule has 0 aromatic carbocycles. The van der Waals surface area contributed by atoms with Crippen LogP contribution in [0.25, 0.3) is 0 Å². The largest absolute Gasteiger partial charge is 0.394 e. The number of ether oxygens (including phenoxy) is 2. The second kappa shape index (κ2) is 45.0. The van der Waals surface area contributed by atoms with Crippen LogP contribution in [0.5, 0.6) is 0 Å². The minimum Gasteiger partial charge on any atom is -0.394 e. The molecule has 9 heteroatoms. The molecule has 1 heterocycles. The van der Waals surface area contributed by atoms with Crippen LogP contribution in [0.4, 0.5) is 0 Å². The molecule has 1 aliphatic heterocycles. The summed E-state index contributed by atoms with van der Waals surface area (Å²) in [7, 11) is 0. The van der Waals surface area contributed by atoms with Crippen molar-refractivity contribution in [1.29, 1.82) is 0 Å². The summed E-state index contributed by atoms with van der Waals surface area (Å²) >= 11 is 0. The first-order chi connectivity index (χ1) is 30.8. The molecule has 0 radical (unpaired) electrons. The summed E-state index contributed by atoms with van der Waals surface area (Å²) in [6.07, 6.45) is 45.5. The molecule has 1 fully saturated rings. The van der Waals surface area contributed by atoms with Gasteiger partial charge in [0.15, 0.2) is 6.29 Å². The van der Waals surface area contributed by atoms with Crippen molar-refractivity contribution in [2.45, 2.75) is 326 Å². The van der Waals surface area contributed by atoms with E-state index in [9.17, 15) is 30.3 Å². The number of rotatable bonds is 48. The zero-order valence-corrected chi connectivity index (χ0v) is 41.6. The van der Waals surface area contributed by atoms with Crippen molar-refractivity contribution >= 4 is 5.91 Å². The van der Waals surface area contributed by atoms with E-state index in [2.05, 4.69) is 19.2 Å². The summed E-state index contributed by atoms with van der Waals surface area (Å²) in [5, 5.41) is 54.6. The SMILES string of the molecule is CCCCCCCCCCCCCCCCCCCCCCCCCCC(=O)N[C@@H](CO[C@@H]1O[C@H](CO)[C@H](O)C(O)C1O)[C@H](O)CCCCCCCCCCCCCCCCCC. The number of carbonyl (C=O) groups excluding carboxylic acids is 1. The third-order valence-corrected chi connectivity index (χ3v) is 13.7. The van der Waals surface area contributed by atoms with Gasteiger partial charge in [-0.2, -0.15) is 0 Å². The molecule has 0 bridgehead atoms. The van der Waals surface area contributed by atoms with Gasteiger partial charge in [-0.15, -0.1) is 0 Å². The number of carbonyl (C=O) groups is 1. The van der Waals surface area contributed by atoms with E-state index in [0.717, 1.165) is 38.5 Å². The van der Waals surface area contributed by atoms with E-state index in [1.165, 1.54) is 218 Å². The van der Waals surface area contributed by atoms with Gasteiger partial charge in [-0.05, 0) is 12.8 Å². The van der Waals surface area contributed by atoms with Gasteiger partial charge in [0.25, 0.3) is 0 Å². The lowest BCUT2D eigenvalue weighted by Gasteiger charge is -2.40. The quantitative estimate of drug-likeness (QED) is 0.0331. The Kier molecular flexibility index (Phi) is 43.0. The molecular weight excluding hydrogens is 791 g/mol. The third-order valence-electron chi connectivity index (χ3n) is 13.7. The topological polar surface area (TPSA) is 149 Å². The van der Waals surface area contributed by atoms with Crippen molar-refractivity contribution in [2.75, 3.05) is 13.2 Å². The maximum absolute atomic E-state index is 13.0. The Balaban J connectivity index is 2.19. The lowest BCUT2D eigenvalue weighted by Crippen LogP contribution is -2.60. The van der Waals surface area contributed by atoms with Crippen LogP contribution < -0.4 is 5.32 Å². The van der Waals surface area contributed by atoms with Gasteiger partial charge in [-0.1, -0.05) is 264 Å². The normalized spacial score (nSPS) is 20.0. The number of nitrogens with one attached hydrogen (secondary N) is 1. The predicted octanol–water partition coefficient (Wildman–Crippen LogP) is 13.1. The van der Waals surface area contributed by atoms with E-state index in [1.54, 1.807) is 0 Å². The van der Waals surface area contributed by atoms with Crippen molar-refractivity contribution in [3.63, 3.8) is 0 Å². The molecule has 0 spiro atoms. The Hall–Kier alpha value is -0.810. The van der Waals surface area contributed by atoms with Crippen LogP contribution in [0.3, 0.4) is 0 Å². The van der Waals surface area contributed by atoms with E-state index in [1.807, 2.05) is 0 Å². The summed E-state index contributed by atoms with van der Waals surface area (Å²) in [6.45, 7) is 3.88. The number of aliphatic hydroxyl groups is 5. The van der Waals surface area contributed by atoms with Crippen LogP contribution in [0, 0.1) is 0 Å². The van der Waals surface area contributed by atoms with Crippen molar-refractivity contribution < 1.29 is 39.8 Å². The van der Waals surface area contributed by atoms with E-state index in [0.29, 0.717) is 12.8 Å². The summed E-state index contributed by atoms with van der Waals surface area (Å²) in [6, 6.07) is -0.712. The molecule has 0 aromatic heterocycles. The first-order valence-corrected chi connectivity index (χ1v) is 27.7. The summed E-state index contributed by atoms with van der Waals surface area (Å²) in [5.74, 6) is -0.137. The number of hydrogen-bond donors (Lipinski definition) is 6. The smallest absolute Gasteiger partial charge is 0.220 e. The van der Waals surface area contributed by atoms with Crippen LogP contribution in [-0.4, -0.2) is 87.5 Å². The monoisotopic (exact) mass is 898 g/mol. The van der Waals surface area contributed by atoms with Gasteiger partial charge in [0.2, 0.25) is 5.91 Å². The van der Waals surface area contributed by atoms with Crippen LogP contribution in [0.2, 0.25) is 0 Å². The van der Waals surface area contributed by atoms with Gasteiger partial charge < -0.3 is 40.3 Å². The fourth-order valence-corrected chi connectivity index (χ4v) is 9.28. The summed E-state index contributed by atoms with van der Waals surface area (Å²) in [5.41, 5.74) is 0. The molecule has 0 aliphatic carbocycles.